The summed E-state index contributed by atoms with van der Waals surface area (Å²) in [5, 5.41) is -0.144. The molecule has 0 aliphatic rings. The third kappa shape index (κ3) is 2.17. The Kier molecular flexibility index (Phi) is 3.35. The normalized spacial score (nSPS) is 10.4. The Bertz CT molecular complexity index is 357. The molecule has 0 unspecified atom stereocenters. The zero-order valence-corrected chi connectivity index (χ0v) is 7.89. The topological polar surface area (TPSA) is 39.2 Å². The number of alkyl halides is 2. The lowest BCUT2D eigenvalue weighted by Gasteiger charge is -2.03. The summed E-state index contributed by atoms with van der Waals surface area (Å²) in [6, 6.07) is 0.992. The average Bonchev–Trinajstić information content (AvgIpc) is 2.16. The van der Waals surface area contributed by atoms with E-state index in [1.165, 1.54) is 0 Å². The molecular formula is C8H6ClF2NO2. The van der Waals surface area contributed by atoms with Crippen LogP contribution in [0.4, 0.5) is 8.78 Å². The van der Waals surface area contributed by atoms with E-state index in [0.29, 0.717) is 0 Å². The molecule has 1 heterocycles. The molecule has 0 atom stereocenters. The second-order valence-electron chi connectivity index (χ2n) is 2.39. The van der Waals surface area contributed by atoms with Crippen molar-refractivity contribution in [3.05, 3.63) is 28.5 Å². The standard InChI is InChI=1S/C8H6ClF2NO2/c1-14-8(13)6-5(9)2-4(3-12-6)7(10)11/h2-3,7H,1H3. The molecule has 0 N–H and O–H groups in total. The van der Waals surface area contributed by atoms with E-state index in [9.17, 15) is 13.6 Å². The highest BCUT2D eigenvalue weighted by Crippen LogP contribution is 2.23. The number of ether oxygens (including phenoxy) is 1. The number of rotatable bonds is 2. The summed E-state index contributed by atoms with van der Waals surface area (Å²) in [6.07, 6.45) is -1.77. The van der Waals surface area contributed by atoms with Gasteiger partial charge in [0.1, 0.15) is 0 Å². The lowest BCUT2D eigenvalue weighted by atomic mass is 10.2. The van der Waals surface area contributed by atoms with E-state index < -0.39 is 12.4 Å². The zero-order chi connectivity index (χ0) is 10.7. The summed E-state index contributed by atoms with van der Waals surface area (Å²) in [5.41, 5.74) is -0.499. The summed E-state index contributed by atoms with van der Waals surface area (Å²) in [6.45, 7) is 0. The van der Waals surface area contributed by atoms with Gasteiger partial charge in [-0.25, -0.2) is 18.6 Å². The van der Waals surface area contributed by atoms with Crippen LogP contribution in [-0.4, -0.2) is 18.1 Å². The van der Waals surface area contributed by atoms with Crippen LogP contribution in [0.1, 0.15) is 22.5 Å². The lowest BCUT2D eigenvalue weighted by molar-refractivity contribution is 0.0593. The molecule has 14 heavy (non-hydrogen) atoms. The van der Waals surface area contributed by atoms with Gasteiger partial charge in [0, 0.05) is 11.8 Å². The molecule has 0 aromatic carbocycles. The summed E-state index contributed by atoms with van der Waals surface area (Å²) in [4.78, 5) is 14.4. The molecule has 1 rings (SSSR count). The lowest BCUT2D eigenvalue weighted by Crippen LogP contribution is -2.05. The van der Waals surface area contributed by atoms with Crippen molar-refractivity contribution < 1.29 is 18.3 Å². The maximum Gasteiger partial charge on any atom is 0.358 e. The molecule has 3 nitrogen and oxygen atoms in total. The fourth-order valence-corrected chi connectivity index (χ4v) is 1.07. The molecule has 0 amide bonds. The SMILES string of the molecule is COC(=O)c1ncc(C(F)F)cc1Cl. The number of methoxy groups -OCH3 is 1. The Morgan fingerprint density at radius 2 is 2.29 bits per heavy atom. The molecule has 0 fully saturated rings. The van der Waals surface area contributed by atoms with E-state index in [4.69, 9.17) is 11.6 Å². The van der Waals surface area contributed by atoms with Gasteiger partial charge in [0.15, 0.2) is 5.69 Å². The van der Waals surface area contributed by atoms with E-state index in [2.05, 4.69) is 9.72 Å². The average molecular weight is 222 g/mol. The molecule has 1 aromatic heterocycles. The van der Waals surface area contributed by atoms with Crippen molar-refractivity contribution in [3.8, 4) is 0 Å². The first kappa shape index (κ1) is 10.8. The van der Waals surface area contributed by atoms with E-state index in [1.807, 2.05) is 0 Å². The van der Waals surface area contributed by atoms with Crippen LogP contribution >= 0.6 is 11.6 Å². The first-order chi connectivity index (χ1) is 6.56. The minimum atomic E-state index is -2.66. The van der Waals surface area contributed by atoms with Crippen LogP contribution in [0.2, 0.25) is 5.02 Å². The van der Waals surface area contributed by atoms with Crippen LogP contribution < -0.4 is 0 Å². The number of esters is 1. The summed E-state index contributed by atoms with van der Waals surface area (Å²) in [5.74, 6) is -0.754. The van der Waals surface area contributed by atoms with Crippen LogP contribution in [0.3, 0.4) is 0 Å². The van der Waals surface area contributed by atoms with Crippen molar-refractivity contribution in [2.45, 2.75) is 6.43 Å². The summed E-state index contributed by atoms with van der Waals surface area (Å²) in [7, 11) is 1.15. The van der Waals surface area contributed by atoms with Gasteiger partial charge in [-0.3, -0.25) is 0 Å². The Hall–Kier alpha value is -1.23. The van der Waals surface area contributed by atoms with E-state index in [0.717, 1.165) is 19.4 Å². The van der Waals surface area contributed by atoms with Crippen LogP contribution in [0, 0.1) is 0 Å². The molecule has 0 aliphatic carbocycles. The van der Waals surface area contributed by atoms with Crippen molar-refractivity contribution in [1.29, 1.82) is 0 Å². The van der Waals surface area contributed by atoms with Gasteiger partial charge in [-0.15, -0.1) is 0 Å². The maximum atomic E-state index is 12.1. The zero-order valence-electron chi connectivity index (χ0n) is 7.13. The first-order valence-corrected chi connectivity index (χ1v) is 3.96. The van der Waals surface area contributed by atoms with Gasteiger partial charge < -0.3 is 4.74 Å². The molecule has 0 spiro atoms. The van der Waals surface area contributed by atoms with Gasteiger partial charge in [-0.1, -0.05) is 11.6 Å². The molecule has 76 valence electrons. The van der Waals surface area contributed by atoms with Crippen molar-refractivity contribution in [3.63, 3.8) is 0 Å². The van der Waals surface area contributed by atoms with Gasteiger partial charge in [-0.05, 0) is 6.07 Å². The third-order valence-electron chi connectivity index (χ3n) is 1.49. The predicted molar refractivity (Wildman–Crippen MR) is 45.5 cm³/mol. The van der Waals surface area contributed by atoms with E-state index in [-0.39, 0.29) is 16.3 Å². The Morgan fingerprint density at radius 3 is 2.71 bits per heavy atom. The second kappa shape index (κ2) is 4.32. The number of carbonyl (C=O) groups excluding carboxylic acids is 1. The number of halogens is 3. The van der Waals surface area contributed by atoms with E-state index >= 15 is 0 Å². The van der Waals surface area contributed by atoms with Crippen LogP contribution in [-0.2, 0) is 4.74 Å². The number of nitrogens with zero attached hydrogens (tertiary/aromatic N) is 1. The Labute approximate surface area is 83.7 Å². The Morgan fingerprint density at radius 1 is 1.64 bits per heavy atom. The molecule has 0 radical (unpaired) electrons. The van der Waals surface area contributed by atoms with Crippen LogP contribution in [0.5, 0.6) is 0 Å². The number of pyridine rings is 1. The van der Waals surface area contributed by atoms with Crippen molar-refractivity contribution >= 4 is 17.6 Å². The van der Waals surface area contributed by atoms with Gasteiger partial charge in [0.2, 0.25) is 0 Å². The predicted octanol–water partition coefficient (Wildman–Crippen LogP) is 2.46. The molecule has 0 aliphatic heterocycles. The molecule has 0 saturated heterocycles. The summed E-state index contributed by atoms with van der Waals surface area (Å²) >= 11 is 5.55. The number of hydrogen-bond acceptors (Lipinski definition) is 3. The third-order valence-corrected chi connectivity index (χ3v) is 1.78. The molecule has 6 heteroatoms. The quantitative estimate of drug-likeness (QED) is 0.720. The van der Waals surface area contributed by atoms with Crippen LogP contribution in [0.15, 0.2) is 12.3 Å². The first-order valence-electron chi connectivity index (χ1n) is 3.58. The van der Waals surface area contributed by atoms with Gasteiger partial charge in [0.05, 0.1) is 12.1 Å². The van der Waals surface area contributed by atoms with Gasteiger partial charge in [0.25, 0.3) is 6.43 Å². The molecule has 0 bridgehead atoms. The minimum absolute atomic E-state index is 0.144. The maximum absolute atomic E-state index is 12.1. The minimum Gasteiger partial charge on any atom is -0.464 e. The summed E-state index contributed by atoms with van der Waals surface area (Å²) < 4.78 is 28.6. The Balaban J connectivity index is 3.07. The van der Waals surface area contributed by atoms with Gasteiger partial charge >= 0.3 is 5.97 Å². The van der Waals surface area contributed by atoms with Crippen molar-refractivity contribution in [2.24, 2.45) is 0 Å². The molecular weight excluding hydrogens is 216 g/mol. The molecule has 0 saturated carbocycles. The number of carbonyl (C=O) groups is 1. The van der Waals surface area contributed by atoms with Crippen molar-refractivity contribution in [1.82, 2.24) is 4.98 Å². The van der Waals surface area contributed by atoms with Crippen LogP contribution in [0.25, 0.3) is 0 Å². The van der Waals surface area contributed by atoms with Crippen molar-refractivity contribution in [2.75, 3.05) is 7.11 Å². The number of hydrogen-bond donors (Lipinski definition) is 0. The fraction of sp³-hybridized carbons (Fsp3) is 0.250. The van der Waals surface area contributed by atoms with E-state index in [1.54, 1.807) is 0 Å². The second-order valence-corrected chi connectivity index (χ2v) is 2.80. The highest BCUT2D eigenvalue weighted by atomic mass is 35.5. The smallest absolute Gasteiger partial charge is 0.358 e. The monoisotopic (exact) mass is 221 g/mol. The fourth-order valence-electron chi connectivity index (χ4n) is 0.819. The largest absolute Gasteiger partial charge is 0.464 e. The number of aromatic nitrogens is 1. The highest BCUT2D eigenvalue weighted by molar-refractivity contribution is 6.33. The molecule has 1 aromatic rings. The highest BCUT2D eigenvalue weighted by Gasteiger charge is 2.15. The van der Waals surface area contributed by atoms with Gasteiger partial charge in [-0.2, -0.15) is 0 Å².